The summed E-state index contributed by atoms with van der Waals surface area (Å²) in [5.74, 6) is -0.570. The number of hydrogen-bond donors (Lipinski definition) is 2. The van der Waals surface area contributed by atoms with Crippen molar-refractivity contribution in [2.24, 2.45) is 5.92 Å². The SMILES string of the molecule is O=C(O)CNCC1CCCN(c2ccccc2[N+](=O)[O-])C1. The van der Waals surface area contributed by atoms with Gasteiger partial charge in [0, 0.05) is 25.7 Å². The Labute approximate surface area is 122 Å². The van der Waals surface area contributed by atoms with Gasteiger partial charge in [0.25, 0.3) is 5.69 Å². The molecule has 0 bridgehead atoms. The molecule has 1 aliphatic rings. The van der Waals surface area contributed by atoms with E-state index in [0.717, 1.165) is 19.4 Å². The molecule has 1 atom stereocenters. The van der Waals surface area contributed by atoms with Gasteiger partial charge < -0.3 is 15.3 Å². The molecule has 21 heavy (non-hydrogen) atoms. The first kappa shape index (κ1) is 15.2. The zero-order chi connectivity index (χ0) is 15.2. The van der Waals surface area contributed by atoms with Crippen molar-refractivity contribution in [3.8, 4) is 0 Å². The van der Waals surface area contributed by atoms with Crippen molar-refractivity contribution in [1.29, 1.82) is 0 Å². The standard InChI is InChI=1S/C14H19N3O4/c18-14(19)9-15-8-11-4-3-7-16(10-11)12-5-1-2-6-13(12)17(20)21/h1-2,5-6,11,15H,3-4,7-10H2,(H,18,19). The van der Waals surface area contributed by atoms with Crippen LogP contribution in [0, 0.1) is 16.0 Å². The average molecular weight is 293 g/mol. The lowest BCUT2D eigenvalue weighted by molar-refractivity contribution is -0.384. The maximum atomic E-state index is 11.1. The van der Waals surface area contributed by atoms with Crippen molar-refractivity contribution < 1.29 is 14.8 Å². The maximum Gasteiger partial charge on any atom is 0.317 e. The first-order valence-corrected chi connectivity index (χ1v) is 6.99. The number of carboxylic acid groups (broad SMARTS) is 1. The molecule has 0 aliphatic carbocycles. The van der Waals surface area contributed by atoms with Gasteiger partial charge >= 0.3 is 5.97 Å². The average Bonchev–Trinajstić information content (AvgIpc) is 2.47. The molecule has 7 nitrogen and oxygen atoms in total. The summed E-state index contributed by atoms with van der Waals surface area (Å²) in [7, 11) is 0. The predicted octanol–water partition coefficient (Wildman–Crippen LogP) is 1.49. The molecule has 1 heterocycles. The van der Waals surface area contributed by atoms with Crippen LogP contribution >= 0.6 is 0 Å². The van der Waals surface area contributed by atoms with E-state index in [1.807, 2.05) is 4.90 Å². The monoisotopic (exact) mass is 293 g/mol. The van der Waals surface area contributed by atoms with Gasteiger partial charge in [0.15, 0.2) is 0 Å². The Balaban J connectivity index is 2.01. The molecule has 1 aromatic rings. The molecule has 2 rings (SSSR count). The zero-order valence-corrected chi connectivity index (χ0v) is 11.7. The molecule has 1 unspecified atom stereocenters. The summed E-state index contributed by atoms with van der Waals surface area (Å²) in [6.07, 6.45) is 1.95. The Morgan fingerprint density at radius 2 is 2.24 bits per heavy atom. The number of piperidine rings is 1. The van der Waals surface area contributed by atoms with E-state index in [1.165, 1.54) is 6.07 Å². The van der Waals surface area contributed by atoms with Crippen LogP contribution in [0.5, 0.6) is 0 Å². The number of anilines is 1. The third-order valence-electron chi connectivity index (χ3n) is 3.65. The topological polar surface area (TPSA) is 95.7 Å². The Morgan fingerprint density at radius 1 is 1.48 bits per heavy atom. The van der Waals surface area contributed by atoms with Gasteiger partial charge in [0.2, 0.25) is 0 Å². The molecule has 1 fully saturated rings. The Kier molecular flexibility index (Phi) is 5.10. The summed E-state index contributed by atoms with van der Waals surface area (Å²) < 4.78 is 0. The van der Waals surface area contributed by atoms with Gasteiger partial charge in [-0.3, -0.25) is 14.9 Å². The number of para-hydroxylation sites is 2. The van der Waals surface area contributed by atoms with E-state index < -0.39 is 5.97 Å². The van der Waals surface area contributed by atoms with E-state index >= 15 is 0 Å². The molecule has 2 N–H and O–H groups in total. The van der Waals surface area contributed by atoms with Crippen LogP contribution in [0.4, 0.5) is 11.4 Å². The highest BCUT2D eigenvalue weighted by atomic mass is 16.6. The number of carboxylic acids is 1. The summed E-state index contributed by atoms with van der Waals surface area (Å²) in [6.45, 7) is 2.06. The summed E-state index contributed by atoms with van der Waals surface area (Å²) in [6, 6.07) is 6.75. The largest absolute Gasteiger partial charge is 0.480 e. The number of nitrogens with one attached hydrogen (secondary N) is 1. The second-order valence-corrected chi connectivity index (χ2v) is 5.22. The quantitative estimate of drug-likeness (QED) is 0.609. The highest BCUT2D eigenvalue weighted by molar-refractivity contribution is 5.69. The Hall–Kier alpha value is -2.15. The molecule has 0 spiro atoms. The first-order valence-electron chi connectivity index (χ1n) is 6.99. The number of rotatable bonds is 6. The second-order valence-electron chi connectivity index (χ2n) is 5.22. The van der Waals surface area contributed by atoms with Crippen LogP contribution in [0.25, 0.3) is 0 Å². The van der Waals surface area contributed by atoms with Gasteiger partial charge in [-0.05, 0) is 24.8 Å². The summed E-state index contributed by atoms with van der Waals surface area (Å²) in [4.78, 5) is 23.3. The van der Waals surface area contributed by atoms with Crippen molar-refractivity contribution in [2.75, 3.05) is 31.1 Å². The van der Waals surface area contributed by atoms with Gasteiger partial charge in [0.05, 0.1) is 11.5 Å². The normalized spacial score (nSPS) is 18.5. The van der Waals surface area contributed by atoms with Crippen molar-refractivity contribution in [3.05, 3.63) is 34.4 Å². The van der Waals surface area contributed by atoms with Crippen molar-refractivity contribution in [2.45, 2.75) is 12.8 Å². The summed E-state index contributed by atoms with van der Waals surface area (Å²) >= 11 is 0. The summed E-state index contributed by atoms with van der Waals surface area (Å²) in [5, 5.41) is 22.6. The fourth-order valence-electron chi connectivity index (χ4n) is 2.72. The van der Waals surface area contributed by atoms with Gasteiger partial charge in [0.1, 0.15) is 5.69 Å². The van der Waals surface area contributed by atoms with E-state index in [1.54, 1.807) is 18.2 Å². The summed E-state index contributed by atoms with van der Waals surface area (Å²) in [5.41, 5.74) is 0.766. The number of hydrogen-bond acceptors (Lipinski definition) is 5. The van der Waals surface area contributed by atoms with Gasteiger partial charge in [-0.25, -0.2) is 0 Å². The minimum atomic E-state index is -0.874. The van der Waals surface area contributed by atoms with E-state index in [9.17, 15) is 14.9 Å². The lowest BCUT2D eigenvalue weighted by Gasteiger charge is -2.34. The smallest absolute Gasteiger partial charge is 0.317 e. The molecule has 1 aliphatic heterocycles. The molecule has 7 heteroatoms. The fourth-order valence-corrected chi connectivity index (χ4v) is 2.72. The Morgan fingerprint density at radius 3 is 2.95 bits per heavy atom. The van der Waals surface area contributed by atoms with Crippen molar-refractivity contribution in [1.82, 2.24) is 5.32 Å². The number of nitrogens with zero attached hydrogens (tertiary/aromatic N) is 2. The van der Waals surface area contributed by atoms with Crippen LogP contribution in [0.2, 0.25) is 0 Å². The van der Waals surface area contributed by atoms with Crippen LogP contribution in [0.3, 0.4) is 0 Å². The molecular weight excluding hydrogens is 274 g/mol. The van der Waals surface area contributed by atoms with Crippen LogP contribution in [0.1, 0.15) is 12.8 Å². The first-order chi connectivity index (χ1) is 10.1. The van der Waals surface area contributed by atoms with E-state index in [-0.39, 0.29) is 17.2 Å². The van der Waals surface area contributed by atoms with Gasteiger partial charge in [-0.2, -0.15) is 0 Å². The van der Waals surface area contributed by atoms with Crippen LogP contribution in [-0.2, 0) is 4.79 Å². The third-order valence-corrected chi connectivity index (χ3v) is 3.65. The minimum Gasteiger partial charge on any atom is -0.480 e. The molecule has 0 aromatic heterocycles. The van der Waals surface area contributed by atoms with Crippen LogP contribution in [0.15, 0.2) is 24.3 Å². The molecular formula is C14H19N3O4. The molecule has 0 radical (unpaired) electrons. The number of nitro benzene ring substituents is 1. The minimum absolute atomic E-state index is 0.0536. The van der Waals surface area contributed by atoms with Gasteiger partial charge in [-0.15, -0.1) is 0 Å². The van der Waals surface area contributed by atoms with Crippen LogP contribution < -0.4 is 10.2 Å². The molecule has 1 saturated heterocycles. The predicted molar refractivity (Wildman–Crippen MR) is 78.5 cm³/mol. The fraction of sp³-hybridized carbons (Fsp3) is 0.500. The van der Waals surface area contributed by atoms with Gasteiger partial charge in [-0.1, -0.05) is 12.1 Å². The molecule has 0 amide bonds. The van der Waals surface area contributed by atoms with E-state index in [2.05, 4.69) is 5.32 Å². The second kappa shape index (κ2) is 7.03. The van der Waals surface area contributed by atoms with Crippen molar-refractivity contribution in [3.63, 3.8) is 0 Å². The lowest BCUT2D eigenvalue weighted by atomic mass is 9.97. The Bertz CT molecular complexity index is 521. The molecule has 114 valence electrons. The lowest BCUT2D eigenvalue weighted by Crippen LogP contribution is -2.40. The molecule has 1 aromatic carbocycles. The molecule has 0 saturated carbocycles. The number of aliphatic carboxylic acids is 1. The van der Waals surface area contributed by atoms with E-state index in [0.29, 0.717) is 24.7 Å². The van der Waals surface area contributed by atoms with Crippen LogP contribution in [-0.4, -0.2) is 42.2 Å². The zero-order valence-electron chi connectivity index (χ0n) is 11.7. The highest BCUT2D eigenvalue weighted by Crippen LogP contribution is 2.30. The third kappa shape index (κ3) is 4.16. The van der Waals surface area contributed by atoms with Crippen molar-refractivity contribution >= 4 is 17.3 Å². The number of carbonyl (C=O) groups is 1. The van der Waals surface area contributed by atoms with E-state index in [4.69, 9.17) is 5.11 Å². The maximum absolute atomic E-state index is 11.1. The highest BCUT2D eigenvalue weighted by Gasteiger charge is 2.24. The number of benzene rings is 1. The number of nitro groups is 1.